The summed E-state index contributed by atoms with van der Waals surface area (Å²) in [5, 5.41) is 8.48. The molecule has 0 aliphatic carbocycles. The van der Waals surface area contributed by atoms with E-state index in [9.17, 15) is 9.18 Å². The Kier molecular flexibility index (Phi) is 4.26. The third-order valence-electron chi connectivity index (χ3n) is 1.70. The molecule has 1 aliphatic rings. The molecule has 2 atom stereocenters. The normalized spacial score (nSPS) is 29.3. The van der Waals surface area contributed by atoms with E-state index in [1.165, 1.54) is 0 Å². The molecule has 1 heterocycles. The highest BCUT2D eigenvalue weighted by Crippen LogP contribution is 2.11. The van der Waals surface area contributed by atoms with Crippen molar-refractivity contribution in [2.24, 2.45) is 5.73 Å². The first-order valence-electron chi connectivity index (χ1n) is 3.47. The van der Waals surface area contributed by atoms with Crippen molar-refractivity contribution in [2.75, 3.05) is 13.1 Å². The predicted molar refractivity (Wildman–Crippen MR) is 44.3 cm³/mol. The van der Waals surface area contributed by atoms with Crippen LogP contribution in [0.4, 0.5) is 9.18 Å². The standard InChI is InChI=1S/C6H11FN2O2.ClH/c7-4-1-5(8)3-9(2-4)6(10)11;/h4-5H,1-3,8H2,(H,10,11);1H/t4-,5-;/m0./s1. The topological polar surface area (TPSA) is 66.6 Å². The molecule has 0 bridgehead atoms. The lowest BCUT2D eigenvalue weighted by Gasteiger charge is -2.30. The summed E-state index contributed by atoms with van der Waals surface area (Å²) >= 11 is 0. The average Bonchev–Trinajstić information content (AvgIpc) is 1.85. The van der Waals surface area contributed by atoms with E-state index in [0.29, 0.717) is 0 Å². The number of hydrogen-bond acceptors (Lipinski definition) is 2. The highest BCUT2D eigenvalue weighted by atomic mass is 35.5. The van der Waals surface area contributed by atoms with Crippen LogP contribution in [0.25, 0.3) is 0 Å². The van der Waals surface area contributed by atoms with Gasteiger partial charge in [0.1, 0.15) is 6.17 Å². The van der Waals surface area contributed by atoms with Crippen molar-refractivity contribution in [3.63, 3.8) is 0 Å². The molecule has 72 valence electrons. The summed E-state index contributed by atoms with van der Waals surface area (Å²) < 4.78 is 12.7. The van der Waals surface area contributed by atoms with E-state index in [2.05, 4.69) is 0 Å². The van der Waals surface area contributed by atoms with Gasteiger partial charge in [-0.15, -0.1) is 12.4 Å². The Bertz CT molecular complexity index is 160. The zero-order chi connectivity index (χ0) is 8.43. The van der Waals surface area contributed by atoms with Crippen LogP contribution < -0.4 is 5.73 Å². The van der Waals surface area contributed by atoms with Crippen LogP contribution in [0.2, 0.25) is 0 Å². The summed E-state index contributed by atoms with van der Waals surface area (Å²) in [6, 6.07) is -0.352. The minimum Gasteiger partial charge on any atom is -0.465 e. The molecule has 1 rings (SSSR count). The van der Waals surface area contributed by atoms with Crippen LogP contribution in [0.1, 0.15) is 6.42 Å². The molecular formula is C6H12ClFN2O2. The number of amides is 1. The van der Waals surface area contributed by atoms with Gasteiger partial charge in [-0.25, -0.2) is 9.18 Å². The Morgan fingerprint density at radius 1 is 1.58 bits per heavy atom. The molecule has 1 fully saturated rings. The van der Waals surface area contributed by atoms with Crippen LogP contribution in [0.3, 0.4) is 0 Å². The Morgan fingerprint density at radius 2 is 2.17 bits per heavy atom. The Balaban J connectivity index is 0.00000121. The Labute approximate surface area is 75.9 Å². The number of likely N-dealkylation sites (tertiary alicyclic amines) is 1. The molecule has 1 aliphatic heterocycles. The second kappa shape index (κ2) is 4.47. The maximum Gasteiger partial charge on any atom is 0.407 e. The van der Waals surface area contributed by atoms with E-state index >= 15 is 0 Å². The third kappa shape index (κ3) is 2.83. The largest absolute Gasteiger partial charge is 0.465 e. The number of alkyl halides is 1. The first-order chi connectivity index (χ1) is 5.09. The van der Waals surface area contributed by atoms with Crippen molar-refractivity contribution in [3.8, 4) is 0 Å². The minimum atomic E-state index is -1.10. The molecule has 0 radical (unpaired) electrons. The van der Waals surface area contributed by atoms with Crippen molar-refractivity contribution in [1.82, 2.24) is 4.90 Å². The predicted octanol–water partition coefficient (Wildman–Crippen LogP) is 0.457. The van der Waals surface area contributed by atoms with E-state index in [4.69, 9.17) is 10.8 Å². The van der Waals surface area contributed by atoms with Crippen molar-refractivity contribution < 1.29 is 14.3 Å². The average molecular weight is 199 g/mol. The smallest absolute Gasteiger partial charge is 0.407 e. The highest BCUT2D eigenvalue weighted by Gasteiger charge is 2.27. The van der Waals surface area contributed by atoms with Gasteiger partial charge in [0.25, 0.3) is 0 Å². The SMILES string of the molecule is Cl.N[C@H]1C[C@H](F)CN(C(=O)O)C1. The number of rotatable bonds is 0. The maximum atomic E-state index is 12.7. The lowest BCUT2D eigenvalue weighted by Crippen LogP contribution is -2.49. The fraction of sp³-hybridized carbons (Fsp3) is 0.833. The summed E-state index contributed by atoms with van der Waals surface area (Å²) in [6.45, 7) is 0.207. The van der Waals surface area contributed by atoms with Gasteiger partial charge in [-0.1, -0.05) is 0 Å². The van der Waals surface area contributed by atoms with Crippen LogP contribution in [0.15, 0.2) is 0 Å². The number of carbonyl (C=O) groups is 1. The van der Waals surface area contributed by atoms with E-state index in [0.717, 1.165) is 4.90 Å². The second-order valence-corrected chi connectivity index (χ2v) is 2.78. The molecule has 0 spiro atoms. The molecular weight excluding hydrogens is 187 g/mol. The Morgan fingerprint density at radius 3 is 2.58 bits per heavy atom. The van der Waals surface area contributed by atoms with Gasteiger partial charge < -0.3 is 15.7 Å². The zero-order valence-corrected chi connectivity index (χ0v) is 7.26. The number of halogens is 2. The molecule has 0 aromatic heterocycles. The monoisotopic (exact) mass is 198 g/mol. The minimum absolute atomic E-state index is 0. The van der Waals surface area contributed by atoms with Gasteiger partial charge in [-0.3, -0.25) is 0 Å². The number of carboxylic acid groups (broad SMARTS) is 1. The first-order valence-corrected chi connectivity index (χ1v) is 3.47. The quantitative estimate of drug-likeness (QED) is 0.594. The fourth-order valence-electron chi connectivity index (χ4n) is 1.23. The summed E-state index contributed by atoms with van der Waals surface area (Å²) in [6.07, 6.45) is -1.93. The summed E-state index contributed by atoms with van der Waals surface area (Å²) in [5.74, 6) is 0. The highest BCUT2D eigenvalue weighted by molar-refractivity contribution is 5.85. The van der Waals surface area contributed by atoms with Gasteiger partial charge in [-0.05, 0) is 6.42 Å². The van der Waals surface area contributed by atoms with Gasteiger partial charge in [0, 0.05) is 12.6 Å². The van der Waals surface area contributed by atoms with E-state index in [-0.39, 0.29) is 38.0 Å². The fourth-order valence-corrected chi connectivity index (χ4v) is 1.23. The molecule has 0 unspecified atom stereocenters. The van der Waals surface area contributed by atoms with Crippen molar-refractivity contribution in [1.29, 1.82) is 0 Å². The molecule has 6 heteroatoms. The Hall–Kier alpha value is -0.550. The number of hydrogen-bond donors (Lipinski definition) is 2. The lowest BCUT2D eigenvalue weighted by atomic mass is 10.1. The molecule has 4 nitrogen and oxygen atoms in total. The molecule has 3 N–H and O–H groups in total. The zero-order valence-electron chi connectivity index (χ0n) is 6.44. The number of piperidine rings is 1. The van der Waals surface area contributed by atoms with Crippen molar-refractivity contribution >= 4 is 18.5 Å². The van der Waals surface area contributed by atoms with Crippen molar-refractivity contribution in [2.45, 2.75) is 18.6 Å². The molecule has 0 aromatic carbocycles. The van der Waals surface area contributed by atoms with Gasteiger partial charge in [-0.2, -0.15) is 0 Å². The van der Waals surface area contributed by atoms with E-state index < -0.39 is 12.3 Å². The van der Waals surface area contributed by atoms with Gasteiger partial charge in [0.15, 0.2) is 0 Å². The van der Waals surface area contributed by atoms with Crippen LogP contribution in [0, 0.1) is 0 Å². The number of nitrogens with two attached hydrogens (primary N) is 1. The summed E-state index contributed by atoms with van der Waals surface area (Å²) in [5.41, 5.74) is 5.41. The number of nitrogens with zero attached hydrogens (tertiary/aromatic N) is 1. The van der Waals surface area contributed by atoms with Crippen LogP contribution >= 0.6 is 12.4 Å². The first kappa shape index (κ1) is 11.4. The summed E-state index contributed by atoms with van der Waals surface area (Å²) in [4.78, 5) is 11.4. The molecule has 1 amide bonds. The molecule has 1 saturated heterocycles. The maximum absolute atomic E-state index is 12.7. The van der Waals surface area contributed by atoms with Crippen LogP contribution in [0.5, 0.6) is 0 Å². The van der Waals surface area contributed by atoms with E-state index in [1.807, 2.05) is 0 Å². The lowest BCUT2D eigenvalue weighted by molar-refractivity contribution is 0.0991. The second-order valence-electron chi connectivity index (χ2n) is 2.78. The molecule has 0 saturated carbocycles. The van der Waals surface area contributed by atoms with Gasteiger partial charge in [0.2, 0.25) is 0 Å². The van der Waals surface area contributed by atoms with Crippen LogP contribution in [-0.2, 0) is 0 Å². The van der Waals surface area contributed by atoms with Crippen LogP contribution in [-0.4, -0.2) is 41.4 Å². The molecule has 0 aromatic rings. The van der Waals surface area contributed by atoms with E-state index in [1.54, 1.807) is 0 Å². The third-order valence-corrected chi connectivity index (χ3v) is 1.70. The summed E-state index contributed by atoms with van der Waals surface area (Å²) in [7, 11) is 0. The van der Waals surface area contributed by atoms with Gasteiger partial charge in [0.05, 0.1) is 6.54 Å². The van der Waals surface area contributed by atoms with Crippen molar-refractivity contribution in [3.05, 3.63) is 0 Å². The molecule has 12 heavy (non-hydrogen) atoms. The van der Waals surface area contributed by atoms with Gasteiger partial charge >= 0.3 is 6.09 Å².